The van der Waals surface area contributed by atoms with Crippen LogP contribution in [0.2, 0.25) is 5.02 Å². The fraction of sp³-hybridized carbons (Fsp3) is 0.231. The number of halogens is 3. The van der Waals surface area contributed by atoms with Crippen LogP contribution in [0.5, 0.6) is 0 Å². The Hall–Kier alpha value is -2.15. The van der Waals surface area contributed by atoms with Crippen LogP contribution in [0.4, 0.5) is 0 Å². The summed E-state index contributed by atoms with van der Waals surface area (Å²) in [6.45, 7) is 14.0. The van der Waals surface area contributed by atoms with Crippen LogP contribution >= 0.6 is 11.6 Å². The number of hydrogen-bond acceptors (Lipinski definition) is 0. The zero-order valence-corrected chi connectivity index (χ0v) is 30.3. The molecule has 2 aliphatic carbocycles. The Balaban J connectivity index is 0.00000212. The smallest absolute Gasteiger partial charge is 1.00 e. The molecule has 2 aliphatic rings. The van der Waals surface area contributed by atoms with E-state index in [1.54, 1.807) is 0 Å². The Morgan fingerprint density at radius 3 is 1.93 bits per heavy atom. The van der Waals surface area contributed by atoms with Crippen molar-refractivity contribution in [1.29, 1.82) is 0 Å². The third-order valence-electron chi connectivity index (χ3n) is 8.37. The van der Waals surface area contributed by atoms with Crippen LogP contribution in [0.1, 0.15) is 81.3 Å². The van der Waals surface area contributed by atoms with Gasteiger partial charge in [0.1, 0.15) is 0 Å². The third kappa shape index (κ3) is 6.22. The second kappa shape index (κ2) is 12.7. The molecule has 0 nitrogen and oxygen atoms in total. The minimum atomic E-state index is -0.0795. The van der Waals surface area contributed by atoms with Gasteiger partial charge in [-0.2, -0.15) is 0 Å². The Morgan fingerprint density at radius 2 is 1.35 bits per heavy atom. The predicted octanol–water partition coefficient (Wildman–Crippen LogP) is 2.84. The van der Waals surface area contributed by atoms with Gasteiger partial charge in [-0.15, -0.1) is 0 Å². The molecule has 0 unspecified atom stereocenters. The van der Waals surface area contributed by atoms with Gasteiger partial charge in [-0.25, -0.2) is 0 Å². The second-order valence-corrected chi connectivity index (χ2v) is 15.0. The van der Waals surface area contributed by atoms with Crippen LogP contribution in [0.15, 0.2) is 97.1 Å². The summed E-state index contributed by atoms with van der Waals surface area (Å²) >= 11 is 7.86. The van der Waals surface area contributed by atoms with Crippen molar-refractivity contribution in [2.75, 3.05) is 0 Å². The van der Waals surface area contributed by atoms with Gasteiger partial charge in [-0.1, -0.05) is 0 Å². The van der Waals surface area contributed by atoms with Crippen LogP contribution in [0.3, 0.4) is 0 Å². The maximum absolute atomic E-state index is 6.41. The molecule has 0 atom stereocenters. The van der Waals surface area contributed by atoms with Gasteiger partial charge >= 0.3 is 266 Å². The van der Waals surface area contributed by atoms with Crippen molar-refractivity contribution in [3.05, 3.63) is 156 Å². The van der Waals surface area contributed by atoms with E-state index >= 15 is 0 Å². The van der Waals surface area contributed by atoms with Gasteiger partial charge in [0, 0.05) is 0 Å². The van der Waals surface area contributed by atoms with E-state index in [1.807, 2.05) is 12.1 Å². The molecular weight excluding hydrogens is 666 g/mol. The molecule has 0 fully saturated rings. The largest absolute Gasteiger partial charge is 1.00 e. The molecule has 0 N–H and O–H groups in total. The minimum absolute atomic E-state index is 0. The molecule has 0 bridgehead atoms. The van der Waals surface area contributed by atoms with E-state index in [2.05, 4.69) is 127 Å². The SMILES string of the molecule is CC(C)(C)c1ccc2c(c1)=c1cc(C(C)(C)C)c(=C(c3ccccc3)c3ccc(Cl)cc3)c(C3=CC=CC3)c1[C]=2[Zr+2].[Cl-].[Cl-]. The van der Waals surface area contributed by atoms with E-state index in [-0.39, 0.29) is 35.6 Å². The molecule has 6 rings (SSSR count). The molecule has 0 amide bonds. The molecule has 0 aromatic heterocycles. The van der Waals surface area contributed by atoms with Crippen LogP contribution < -0.4 is 35.3 Å². The second-order valence-electron chi connectivity index (χ2n) is 13.3. The van der Waals surface area contributed by atoms with Gasteiger partial charge in [-0.3, -0.25) is 0 Å². The normalized spacial score (nSPS) is 14.4. The topological polar surface area (TPSA) is 0 Å². The van der Waals surface area contributed by atoms with Crippen LogP contribution in [-0.4, -0.2) is 0 Å². The Labute approximate surface area is 288 Å². The first-order chi connectivity index (χ1) is 19.4. The van der Waals surface area contributed by atoms with E-state index in [1.165, 1.54) is 93.4 Å². The van der Waals surface area contributed by atoms with E-state index in [0.717, 1.165) is 11.4 Å². The van der Waals surface area contributed by atoms with Crippen molar-refractivity contribution >= 4 is 26.0 Å². The van der Waals surface area contributed by atoms with Gasteiger partial charge in [0.15, 0.2) is 0 Å². The summed E-state index contributed by atoms with van der Waals surface area (Å²) in [5, 5.41) is 6.27. The van der Waals surface area contributed by atoms with Crippen molar-refractivity contribution < 1.29 is 49.5 Å². The summed E-state index contributed by atoms with van der Waals surface area (Å²) in [6, 6.07) is 29.0. The standard InChI is InChI=1S/C39H36Cl.2ClH.Zr/c1-38(2,3)29-19-16-28-22-33-32(31(28)23-29)24-34(39(4,5)6)37(36(33)26-14-10-11-15-26)35(25-12-8-7-9-13-25)27-17-20-30(40)21-18-27;;;/h7-14,16-21,23-24H,15H2,1-6H3;2*1H;/q;;;+2/p-2. The molecule has 4 aromatic carbocycles. The summed E-state index contributed by atoms with van der Waals surface area (Å²) in [5.74, 6) is 0. The first kappa shape index (κ1) is 33.7. The summed E-state index contributed by atoms with van der Waals surface area (Å²) in [7, 11) is 0. The van der Waals surface area contributed by atoms with Gasteiger partial charge in [0.2, 0.25) is 0 Å². The van der Waals surface area contributed by atoms with Gasteiger partial charge in [0.25, 0.3) is 0 Å². The summed E-state index contributed by atoms with van der Waals surface area (Å²) in [4.78, 5) is 0. The number of rotatable bonds is 3. The fourth-order valence-corrected chi connectivity index (χ4v) is 7.52. The average Bonchev–Trinajstić information content (AvgIpc) is 3.56. The molecule has 4 aromatic rings. The molecule has 43 heavy (non-hydrogen) atoms. The van der Waals surface area contributed by atoms with Crippen LogP contribution in [-0.2, 0) is 35.5 Å². The van der Waals surface area contributed by atoms with Gasteiger partial charge in [-0.05, 0) is 0 Å². The maximum Gasteiger partial charge on any atom is -1.00 e. The van der Waals surface area contributed by atoms with E-state index in [9.17, 15) is 0 Å². The van der Waals surface area contributed by atoms with E-state index in [0.29, 0.717) is 0 Å². The Bertz CT molecular complexity index is 1970. The average molecular weight is 702 g/mol. The zero-order valence-electron chi connectivity index (χ0n) is 25.6. The first-order valence-electron chi connectivity index (χ1n) is 14.5. The molecule has 0 aliphatic heterocycles. The molecule has 0 heterocycles. The number of benzene rings is 4. The number of allylic oxidation sites excluding steroid dienone is 4. The molecule has 0 radical (unpaired) electrons. The molecule has 0 saturated heterocycles. The summed E-state index contributed by atoms with van der Waals surface area (Å²) in [5.41, 5.74) is 10.7. The maximum atomic E-state index is 6.41. The quantitative estimate of drug-likeness (QED) is 0.309. The van der Waals surface area contributed by atoms with Crippen molar-refractivity contribution in [2.45, 2.75) is 58.8 Å². The molecule has 4 heteroatoms. The van der Waals surface area contributed by atoms with Crippen molar-refractivity contribution in [2.24, 2.45) is 0 Å². The Kier molecular flexibility index (Phi) is 9.96. The van der Waals surface area contributed by atoms with Crippen molar-refractivity contribution in [1.82, 2.24) is 0 Å². The summed E-state index contributed by atoms with van der Waals surface area (Å²) < 4.78 is 1.45. The number of fused-ring (bicyclic) bond motifs is 2. The van der Waals surface area contributed by atoms with Crippen molar-refractivity contribution in [3.63, 3.8) is 0 Å². The molecular formula is C39H36Cl3Zr. The summed E-state index contributed by atoms with van der Waals surface area (Å²) in [6.07, 6.45) is 7.80. The Morgan fingerprint density at radius 1 is 0.698 bits per heavy atom. The zero-order chi connectivity index (χ0) is 29.1. The van der Waals surface area contributed by atoms with Gasteiger partial charge in [0.05, 0.1) is 0 Å². The van der Waals surface area contributed by atoms with Crippen LogP contribution in [0, 0.1) is 10.4 Å². The van der Waals surface area contributed by atoms with E-state index in [4.69, 9.17) is 11.6 Å². The first-order valence-corrected chi connectivity index (χ1v) is 16.1. The third-order valence-corrected chi connectivity index (χ3v) is 9.90. The molecule has 0 spiro atoms. The van der Waals surface area contributed by atoms with Gasteiger partial charge < -0.3 is 24.8 Å². The predicted molar refractivity (Wildman–Crippen MR) is 171 cm³/mol. The monoisotopic (exact) mass is 699 g/mol. The van der Waals surface area contributed by atoms with E-state index < -0.39 is 0 Å². The molecule has 0 saturated carbocycles. The molecule has 217 valence electrons. The number of hydrogen-bond donors (Lipinski definition) is 0. The van der Waals surface area contributed by atoms with Crippen molar-refractivity contribution in [3.8, 4) is 0 Å². The fourth-order valence-electron chi connectivity index (χ4n) is 6.22. The van der Waals surface area contributed by atoms with Crippen LogP contribution in [0.25, 0.3) is 14.4 Å². The minimum Gasteiger partial charge on any atom is -1.00 e.